The van der Waals surface area contributed by atoms with Gasteiger partial charge >= 0.3 is 0 Å². The molecule has 3 N–H and O–H groups in total. The number of nitrogens with one attached hydrogen (secondary N) is 3. The van der Waals surface area contributed by atoms with Crippen molar-refractivity contribution in [3.8, 4) is 22.8 Å². The molecule has 38 heavy (non-hydrogen) atoms. The van der Waals surface area contributed by atoms with E-state index in [1.165, 1.54) is 12.7 Å². The molecule has 0 saturated heterocycles. The molecule has 0 aliphatic rings. The van der Waals surface area contributed by atoms with Crippen LogP contribution in [0.2, 0.25) is 5.15 Å². The zero-order valence-electron chi connectivity index (χ0n) is 19.5. The molecule has 0 saturated carbocycles. The molecule has 0 radical (unpaired) electrons. The number of benzene rings is 2. The lowest BCUT2D eigenvalue weighted by atomic mass is 10.1. The first-order chi connectivity index (χ1) is 18.7. The van der Waals surface area contributed by atoms with E-state index in [1.807, 2.05) is 75.8 Å². The minimum Gasteiger partial charge on any atom is -0.318 e. The second kappa shape index (κ2) is 8.68. The molecule has 0 atom stereocenters. The van der Waals surface area contributed by atoms with Gasteiger partial charge in [-0.15, -0.1) is 0 Å². The number of H-pyrrole nitrogens is 3. The van der Waals surface area contributed by atoms with Crippen molar-refractivity contribution in [3.05, 3.63) is 101 Å². The Bertz CT molecular complexity index is 2120. The van der Waals surface area contributed by atoms with Crippen LogP contribution >= 0.6 is 11.6 Å². The van der Waals surface area contributed by atoms with Gasteiger partial charge in [-0.1, -0.05) is 23.7 Å². The zero-order chi connectivity index (χ0) is 25.6. The molecule has 2 aromatic carbocycles. The number of hydrogen-bond donors (Lipinski definition) is 3. The molecular weight excluding hydrogens is 504 g/mol. The van der Waals surface area contributed by atoms with Crippen LogP contribution in [0.4, 0.5) is 0 Å². The fourth-order valence-corrected chi connectivity index (χ4v) is 4.88. The van der Waals surface area contributed by atoms with E-state index in [4.69, 9.17) is 11.6 Å². The minimum absolute atomic E-state index is 0.121. The molecule has 184 valence electrons. The molecule has 0 fully saturated rings. The second-order valence-electron chi connectivity index (χ2n) is 8.42. The molecule has 11 nitrogen and oxygen atoms in total. The first-order valence-electron chi connectivity index (χ1n) is 11.6. The molecule has 8 rings (SSSR count). The highest BCUT2D eigenvalue weighted by Crippen LogP contribution is 2.28. The lowest BCUT2D eigenvalue weighted by molar-refractivity contribution is 1.09. The minimum atomic E-state index is -0.121. The first-order valence-corrected chi connectivity index (χ1v) is 12.0. The molecule has 0 amide bonds. The van der Waals surface area contributed by atoms with Crippen molar-refractivity contribution >= 4 is 44.7 Å². The summed E-state index contributed by atoms with van der Waals surface area (Å²) < 4.78 is 3.89. The van der Waals surface area contributed by atoms with Gasteiger partial charge < -0.3 is 13.8 Å². The zero-order valence-corrected chi connectivity index (χ0v) is 20.3. The van der Waals surface area contributed by atoms with E-state index < -0.39 is 0 Å². The third kappa shape index (κ3) is 3.44. The smallest absolute Gasteiger partial charge is 0.272 e. The Hall–Kier alpha value is -5.29. The monoisotopic (exact) mass is 520 g/mol. The SMILES string of the molecule is Clc1nc2c(-c3ncn[nH]3)cccc2n2cccc12.O=c1[nH]c2c(-c3ncn[nH]3)cccc2n2cccc12. The highest BCUT2D eigenvalue weighted by Gasteiger charge is 2.13. The molecular formula is C26H17ClN10O. The van der Waals surface area contributed by atoms with Gasteiger partial charge in [0.25, 0.3) is 5.56 Å². The summed E-state index contributed by atoms with van der Waals surface area (Å²) in [6.45, 7) is 0. The van der Waals surface area contributed by atoms with Gasteiger partial charge in [-0.3, -0.25) is 15.0 Å². The van der Waals surface area contributed by atoms with Crippen LogP contribution in [0.1, 0.15) is 0 Å². The lowest BCUT2D eigenvalue weighted by Crippen LogP contribution is -2.10. The van der Waals surface area contributed by atoms with Gasteiger partial charge in [0, 0.05) is 23.5 Å². The summed E-state index contributed by atoms with van der Waals surface area (Å²) in [4.78, 5) is 27.8. The van der Waals surface area contributed by atoms with Crippen molar-refractivity contribution in [2.45, 2.75) is 0 Å². The molecule has 6 aromatic heterocycles. The van der Waals surface area contributed by atoms with Crippen LogP contribution in [-0.2, 0) is 0 Å². The summed E-state index contributed by atoms with van der Waals surface area (Å²) >= 11 is 6.23. The number of rotatable bonds is 2. The number of para-hydroxylation sites is 2. The summed E-state index contributed by atoms with van der Waals surface area (Å²) in [5.41, 5.74) is 6.55. The average Bonchev–Trinajstić information content (AvgIpc) is 3.76. The molecule has 0 unspecified atom stereocenters. The highest BCUT2D eigenvalue weighted by atomic mass is 35.5. The maximum absolute atomic E-state index is 12.1. The molecule has 0 spiro atoms. The van der Waals surface area contributed by atoms with Crippen molar-refractivity contribution in [3.63, 3.8) is 0 Å². The van der Waals surface area contributed by atoms with Crippen LogP contribution in [0.3, 0.4) is 0 Å². The molecule has 0 bridgehead atoms. The Morgan fingerprint density at radius 1 is 0.684 bits per heavy atom. The molecule has 6 heterocycles. The summed E-state index contributed by atoms with van der Waals surface area (Å²) in [5.74, 6) is 1.31. The second-order valence-corrected chi connectivity index (χ2v) is 8.78. The van der Waals surface area contributed by atoms with Crippen molar-refractivity contribution in [1.29, 1.82) is 0 Å². The van der Waals surface area contributed by atoms with Gasteiger partial charge in [0.15, 0.2) is 16.8 Å². The van der Waals surface area contributed by atoms with E-state index in [-0.39, 0.29) is 5.56 Å². The summed E-state index contributed by atoms with van der Waals surface area (Å²) in [5, 5.41) is 13.9. The standard InChI is InChI=1S/C13H8ClN5.C13H9N5O/c14-12-10-5-2-6-19(10)9-4-1-3-8(11(9)17-12)13-15-7-16-18-13;19-13-10-5-2-6-18(10)9-4-1-3-8(11(9)16-13)12-14-7-15-17-12/h1-7H,(H,15,16,18);1-7H,(H,16,19)(H,14,15,17). The van der Waals surface area contributed by atoms with Crippen LogP contribution in [0, 0.1) is 0 Å². The largest absolute Gasteiger partial charge is 0.318 e. The summed E-state index contributed by atoms with van der Waals surface area (Å²) in [7, 11) is 0. The van der Waals surface area contributed by atoms with Gasteiger partial charge in [-0.05, 0) is 48.5 Å². The summed E-state index contributed by atoms with van der Waals surface area (Å²) in [6, 6.07) is 19.2. The van der Waals surface area contributed by atoms with Crippen LogP contribution < -0.4 is 5.56 Å². The van der Waals surface area contributed by atoms with Crippen LogP contribution in [0.25, 0.3) is 55.9 Å². The number of aromatic amines is 3. The number of fused-ring (bicyclic) bond motifs is 6. The van der Waals surface area contributed by atoms with Gasteiger partial charge in [0.2, 0.25) is 0 Å². The third-order valence-corrected chi connectivity index (χ3v) is 6.58. The number of nitrogens with zero attached hydrogens (tertiary/aromatic N) is 7. The van der Waals surface area contributed by atoms with E-state index in [0.717, 1.165) is 38.7 Å². The number of hydrogen-bond acceptors (Lipinski definition) is 6. The third-order valence-electron chi connectivity index (χ3n) is 6.31. The predicted molar refractivity (Wildman–Crippen MR) is 144 cm³/mol. The van der Waals surface area contributed by atoms with Gasteiger partial charge in [0.05, 0.1) is 27.6 Å². The van der Waals surface area contributed by atoms with Crippen LogP contribution in [-0.4, -0.2) is 49.1 Å². The lowest BCUT2D eigenvalue weighted by Gasteiger charge is -2.07. The Kier molecular flexibility index (Phi) is 5.01. The Balaban J connectivity index is 0.000000127. The van der Waals surface area contributed by atoms with E-state index in [1.54, 1.807) is 6.07 Å². The maximum Gasteiger partial charge on any atom is 0.272 e. The fraction of sp³-hybridized carbons (Fsp3) is 0. The van der Waals surface area contributed by atoms with E-state index >= 15 is 0 Å². The van der Waals surface area contributed by atoms with Crippen molar-refractivity contribution in [1.82, 2.24) is 49.1 Å². The van der Waals surface area contributed by atoms with Gasteiger partial charge in [0.1, 0.15) is 18.2 Å². The number of halogens is 1. The Morgan fingerprint density at radius 3 is 2.00 bits per heavy atom. The van der Waals surface area contributed by atoms with Crippen LogP contribution in [0.15, 0.2) is 90.5 Å². The van der Waals surface area contributed by atoms with E-state index in [2.05, 4.69) is 40.3 Å². The Labute approximate surface area is 217 Å². The van der Waals surface area contributed by atoms with Crippen molar-refractivity contribution in [2.24, 2.45) is 0 Å². The average molecular weight is 521 g/mol. The quantitative estimate of drug-likeness (QED) is 0.307. The molecule has 0 aliphatic heterocycles. The van der Waals surface area contributed by atoms with Crippen molar-refractivity contribution in [2.75, 3.05) is 0 Å². The molecule has 12 heteroatoms. The summed E-state index contributed by atoms with van der Waals surface area (Å²) in [6.07, 6.45) is 6.76. The van der Waals surface area contributed by atoms with Crippen molar-refractivity contribution < 1.29 is 0 Å². The topological polar surface area (TPSA) is 138 Å². The molecule has 8 aromatic rings. The van der Waals surface area contributed by atoms with Crippen LogP contribution in [0.5, 0.6) is 0 Å². The highest BCUT2D eigenvalue weighted by molar-refractivity contribution is 6.33. The Morgan fingerprint density at radius 2 is 1.29 bits per heavy atom. The van der Waals surface area contributed by atoms with Gasteiger partial charge in [-0.2, -0.15) is 10.2 Å². The number of aromatic nitrogens is 10. The maximum atomic E-state index is 12.1. The first kappa shape index (κ1) is 21.9. The fourth-order valence-electron chi connectivity index (χ4n) is 4.64. The predicted octanol–water partition coefficient (Wildman–Crippen LogP) is 4.49. The normalized spacial score (nSPS) is 11.4. The van der Waals surface area contributed by atoms with E-state index in [9.17, 15) is 4.79 Å². The van der Waals surface area contributed by atoms with E-state index in [0.29, 0.717) is 22.3 Å². The molecule has 0 aliphatic carbocycles. The van der Waals surface area contributed by atoms with Gasteiger partial charge in [-0.25, -0.2) is 15.0 Å².